The molecule has 0 atom stereocenters. The van der Waals surface area contributed by atoms with Crippen molar-refractivity contribution in [3.05, 3.63) is 59.2 Å². The average Bonchev–Trinajstić information content (AvgIpc) is 2.48. The number of aryl methyl sites for hydroxylation is 2. The van der Waals surface area contributed by atoms with E-state index in [-0.39, 0.29) is 5.91 Å². The second-order valence-corrected chi connectivity index (χ2v) is 5.70. The Balaban J connectivity index is 1.81. The number of amides is 1. The van der Waals surface area contributed by atoms with Gasteiger partial charge in [0.05, 0.1) is 6.42 Å². The standard InChI is InChI=1S/C18H20N2O/c1-13-4-6-14(7-5-13)11-18(21)20-10-2-3-15-12-16(19)8-9-17(15)20/h4-9,12H,2-3,10-11,19H2,1H3. The molecule has 3 heteroatoms. The molecule has 0 unspecified atom stereocenters. The fraction of sp³-hybridized carbons (Fsp3) is 0.278. The molecule has 1 aliphatic heterocycles. The van der Waals surface area contributed by atoms with E-state index >= 15 is 0 Å². The van der Waals surface area contributed by atoms with Gasteiger partial charge in [0.15, 0.2) is 0 Å². The van der Waals surface area contributed by atoms with Gasteiger partial charge in [0, 0.05) is 17.9 Å². The van der Waals surface area contributed by atoms with E-state index < -0.39 is 0 Å². The van der Waals surface area contributed by atoms with Crippen molar-refractivity contribution in [3.8, 4) is 0 Å². The number of anilines is 2. The third-order valence-electron chi connectivity index (χ3n) is 4.00. The summed E-state index contributed by atoms with van der Waals surface area (Å²) in [6, 6.07) is 14.0. The smallest absolute Gasteiger partial charge is 0.231 e. The summed E-state index contributed by atoms with van der Waals surface area (Å²) in [6.07, 6.45) is 2.44. The monoisotopic (exact) mass is 280 g/mol. The first kappa shape index (κ1) is 13.7. The number of benzene rings is 2. The van der Waals surface area contributed by atoms with Gasteiger partial charge in [0.2, 0.25) is 5.91 Å². The van der Waals surface area contributed by atoms with Gasteiger partial charge in [-0.15, -0.1) is 0 Å². The molecule has 0 saturated heterocycles. The van der Waals surface area contributed by atoms with E-state index in [0.29, 0.717) is 6.42 Å². The number of fused-ring (bicyclic) bond motifs is 1. The molecular formula is C18H20N2O. The van der Waals surface area contributed by atoms with Gasteiger partial charge in [-0.1, -0.05) is 29.8 Å². The molecule has 0 radical (unpaired) electrons. The van der Waals surface area contributed by atoms with E-state index in [1.165, 1.54) is 11.1 Å². The first-order chi connectivity index (χ1) is 10.1. The second kappa shape index (κ2) is 5.60. The van der Waals surface area contributed by atoms with Gasteiger partial charge in [0.25, 0.3) is 0 Å². The van der Waals surface area contributed by atoms with Gasteiger partial charge >= 0.3 is 0 Å². The SMILES string of the molecule is Cc1ccc(CC(=O)N2CCCc3cc(N)ccc32)cc1. The van der Waals surface area contributed by atoms with Crippen LogP contribution in [0.1, 0.15) is 23.1 Å². The zero-order chi connectivity index (χ0) is 14.8. The Bertz CT molecular complexity index is 661. The fourth-order valence-corrected chi connectivity index (χ4v) is 2.85. The van der Waals surface area contributed by atoms with E-state index in [0.717, 1.165) is 36.3 Å². The summed E-state index contributed by atoms with van der Waals surface area (Å²) < 4.78 is 0. The number of rotatable bonds is 2. The van der Waals surface area contributed by atoms with Gasteiger partial charge in [-0.25, -0.2) is 0 Å². The zero-order valence-corrected chi connectivity index (χ0v) is 12.3. The van der Waals surface area contributed by atoms with Crippen LogP contribution in [0.5, 0.6) is 0 Å². The molecule has 3 nitrogen and oxygen atoms in total. The summed E-state index contributed by atoms with van der Waals surface area (Å²) >= 11 is 0. The largest absolute Gasteiger partial charge is 0.399 e. The van der Waals surface area contributed by atoms with E-state index in [4.69, 9.17) is 5.73 Å². The lowest BCUT2D eigenvalue weighted by Gasteiger charge is -2.30. The van der Waals surface area contributed by atoms with E-state index in [9.17, 15) is 4.79 Å². The molecule has 2 aromatic carbocycles. The third kappa shape index (κ3) is 2.92. The number of nitrogens with two attached hydrogens (primary N) is 1. The minimum absolute atomic E-state index is 0.157. The Morgan fingerprint density at radius 1 is 1.19 bits per heavy atom. The van der Waals surface area contributed by atoms with Crippen molar-refractivity contribution >= 4 is 17.3 Å². The molecule has 1 aliphatic rings. The van der Waals surface area contributed by atoms with Crippen LogP contribution in [0.15, 0.2) is 42.5 Å². The highest BCUT2D eigenvalue weighted by Gasteiger charge is 2.22. The Hall–Kier alpha value is -2.29. The first-order valence-electron chi connectivity index (χ1n) is 7.38. The number of nitrogen functional groups attached to an aromatic ring is 1. The van der Waals surface area contributed by atoms with Crippen LogP contribution in [0.25, 0.3) is 0 Å². The van der Waals surface area contributed by atoms with Crippen LogP contribution in [0.4, 0.5) is 11.4 Å². The lowest BCUT2D eigenvalue weighted by Crippen LogP contribution is -2.36. The van der Waals surface area contributed by atoms with Crippen LogP contribution in [0.2, 0.25) is 0 Å². The predicted octanol–water partition coefficient (Wildman–Crippen LogP) is 3.10. The molecule has 0 bridgehead atoms. The molecular weight excluding hydrogens is 260 g/mol. The maximum atomic E-state index is 12.6. The van der Waals surface area contributed by atoms with E-state index in [1.54, 1.807) is 0 Å². The molecule has 21 heavy (non-hydrogen) atoms. The first-order valence-corrected chi connectivity index (χ1v) is 7.38. The second-order valence-electron chi connectivity index (χ2n) is 5.70. The van der Waals surface area contributed by atoms with Crippen molar-refractivity contribution in [1.82, 2.24) is 0 Å². The Morgan fingerprint density at radius 3 is 2.71 bits per heavy atom. The van der Waals surface area contributed by atoms with Crippen molar-refractivity contribution in [3.63, 3.8) is 0 Å². The van der Waals surface area contributed by atoms with Crippen LogP contribution in [0, 0.1) is 6.92 Å². The zero-order valence-electron chi connectivity index (χ0n) is 12.3. The maximum Gasteiger partial charge on any atom is 0.231 e. The Labute approximate surface area is 125 Å². The lowest BCUT2D eigenvalue weighted by atomic mass is 10.00. The van der Waals surface area contributed by atoms with Gasteiger partial charge in [-0.05, 0) is 49.1 Å². The molecule has 108 valence electrons. The fourth-order valence-electron chi connectivity index (χ4n) is 2.85. The average molecular weight is 280 g/mol. The Morgan fingerprint density at radius 2 is 1.95 bits per heavy atom. The summed E-state index contributed by atoms with van der Waals surface area (Å²) in [5.74, 6) is 0.157. The van der Waals surface area contributed by atoms with Crippen LogP contribution < -0.4 is 10.6 Å². The number of carbonyl (C=O) groups is 1. The van der Waals surface area contributed by atoms with Crippen molar-refractivity contribution < 1.29 is 4.79 Å². The molecule has 0 saturated carbocycles. The molecule has 1 amide bonds. The van der Waals surface area contributed by atoms with Crippen LogP contribution in [-0.4, -0.2) is 12.5 Å². The number of carbonyl (C=O) groups excluding carboxylic acids is 1. The van der Waals surface area contributed by atoms with Gasteiger partial charge in [-0.2, -0.15) is 0 Å². The number of hydrogen-bond acceptors (Lipinski definition) is 2. The van der Waals surface area contributed by atoms with E-state index in [1.807, 2.05) is 47.4 Å². The van der Waals surface area contributed by atoms with Crippen molar-refractivity contribution in [2.24, 2.45) is 0 Å². The van der Waals surface area contributed by atoms with Crippen molar-refractivity contribution in [2.75, 3.05) is 17.2 Å². The van der Waals surface area contributed by atoms with Gasteiger partial charge in [-0.3, -0.25) is 4.79 Å². The highest BCUT2D eigenvalue weighted by Crippen LogP contribution is 2.29. The number of hydrogen-bond donors (Lipinski definition) is 1. The summed E-state index contributed by atoms with van der Waals surface area (Å²) in [5.41, 5.74) is 11.1. The molecule has 3 rings (SSSR count). The highest BCUT2D eigenvalue weighted by atomic mass is 16.2. The summed E-state index contributed by atoms with van der Waals surface area (Å²) in [5, 5.41) is 0. The molecule has 0 aliphatic carbocycles. The van der Waals surface area contributed by atoms with E-state index in [2.05, 4.69) is 6.92 Å². The minimum Gasteiger partial charge on any atom is -0.399 e. The molecule has 0 aromatic heterocycles. The number of nitrogens with zero attached hydrogens (tertiary/aromatic N) is 1. The molecule has 0 spiro atoms. The topological polar surface area (TPSA) is 46.3 Å². The van der Waals surface area contributed by atoms with Crippen LogP contribution in [0.3, 0.4) is 0 Å². The predicted molar refractivity (Wildman–Crippen MR) is 86.4 cm³/mol. The summed E-state index contributed by atoms with van der Waals surface area (Å²) in [4.78, 5) is 14.5. The van der Waals surface area contributed by atoms with Crippen molar-refractivity contribution in [2.45, 2.75) is 26.2 Å². The molecule has 2 N–H and O–H groups in total. The molecule has 2 aromatic rings. The summed E-state index contributed by atoms with van der Waals surface area (Å²) in [6.45, 7) is 2.85. The van der Waals surface area contributed by atoms with Crippen LogP contribution >= 0.6 is 0 Å². The van der Waals surface area contributed by atoms with Crippen LogP contribution in [-0.2, 0) is 17.6 Å². The molecule has 1 heterocycles. The third-order valence-corrected chi connectivity index (χ3v) is 4.00. The quantitative estimate of drug-likeness (QED) is 0.859. The lowest BCUT2D eigenvalue weighted by molar-refractivity contribution is -0.118. The van der Waals surface area contributed by atoms with Gasteiger partial charge in [0.1, 0.15) is 0 Å². The summed E-state index contributed by atoms with van der Waals surface area (Å²) in [7, 11) is 0. The van der Waals surface area contributed by atoms with Crippen molar-refractivity contribution in [1.29, 1.82) is 0 Å². The highest BCUT2D eigenvalue weighted by molar-refractivity contribution is 5.96. The minimum atomic E-state index is 0.157. The Kier molecular flexibility index (Phi) is 3.65. The normalized spacial score (nSPS) is 13.9. The van der Waals surface area contributed by atoms with Gasteiger partial charge < -0.3 is 10.6 Å². The molecule has 0 fully saturated rings. The maximum absolute atomic E-state index is 12.6.